The highest BCUT2D eigenvalue weighted by Crippen LogP contribution is 1.85. The van der Waals surface area contributed by atoms with Crippen molar-refractivity contribution in [3.63, 3.8) is 0 Å². The van der Waals surface area contributed by atoms with Gasteiger partial charge in [-0.3, -0.25) is 10.2 Å². The van der Waals surface area contributed by atoms with Gasteiger partial charge in [0, 0.05) is 20.5 Å². The second-order valence-corrected chi connectivity index (χ2v) is 2.39. The minimum atomic E-state index is -0.609. The Kier molecular flexibility index (Phi) is 4.27. The normalized spacial score (nSPS) is 12.3. The molecule has 0 aliphatic rings. The summed E-state index contributed by atoms with van der Waals surface area (Å²) in [5.74, 6) is 2.06. The van der Waals surface area contributed by atoms with Gasteiger partial charge in [-0.15, -0.1) is 12.3 Å². The van der Waals surface area contributed by atoms with Crippen molar-refractivity contribution in [2.24, 2.45) is 5.73 Å². The molecule has 0 aromatic rings. The smallest absolute Gasteiger partial charge is 0.252 e. The topological polar surface area (TPSA) is 58.4 Å². The average molecular weight is 155 g/mol. The van der Waals surface area contributed by atoms with Crippen molar-refractivity contribution < 1.29 is 4.79 Å². The molecule has 11 heavy (non-hydrogen) atoms. The highest BCUT2D eigenvalue weighted by Gasteiger charge is 2.11. The van der Waals surface area contributed by atoms with Gasteiger partial charge in [0.1, 0.15) is 0 Å². The van der Waals surface area contributed by atoms with Crippen LogP contribution < -0.4 is 11.2 Å². The van der Waals surface area contributed by atoms with Crippen molar-refractivity contribution in [3.8, 4) is 12.3 Å². The summed E-state index contributed by atoms with van der Waals surface area (Å²) in [5.41, 5.74) is 7.90. The van der Waals surface area contributed by atoms with Crippen LogP contribution >= 0.6 is 0 Å². The van der Waals surface area contributed by atoms with E-state index in [9.17, 15) is 4.79 Å². The number of carbonyl (C=O) groups excluding carboxylic acids is 1. The molecule has 0 saturated carbocycles. The Balaban J connectivity index is 3.75. The zero-order valence-electron chi connectivity index (χ0n) is 6.79. The van der Waals surface area contributed by atoms with E-state index in [0.717, 1.165) is 0 Å². The van der Waals surface area contributed by atoms with Crippen LogP contribution in [0.3, 0.4) is 0 Å². The van der Waals surface area contributed by atoms with Crippen molar-refractivity contribution in [2.75, 3.05) is 14.1 Å². The summed E-state index contributed by atoms with van der Waals surface area (Å²) < 4.78 is 0. The first kappa shape index (κ1) is 9.95. The van der Waals surface area contributed by atoms with Crippen molar-refractivity contribution in [2.45, 2.75) is 12.5 Å². The number of amides is 1. The molecule has 0 aliphatic carbocycles. The van der Waals surface area contributed by atoms with Gasteiger partial charge in [0.25, 0.3) is 5.91 Å². The number of hydrazine groups is 1. The van der Waals surface area contributed by atoms with Crippen LogP contribution in [0.15, 0.2) is 0 Å². The van der Waals surface area contributed by atoms with E-state index in [2.05, 4.69) is 11.3 Å². The van der Waals surface area contributed by atoms with Crippen LogP contribution in [-0.4, -0.2) is 31.1 Å². The van der Waals surface area contributed by atoms with Crippen molar-refractivity contribution in [1.29, 1.82) is 0 Å². The lowest BCUT2D eigenvalue weighted by Gasteiger charge is -2.14. The van der Waals surface area contributed by atoms with Gasteiger partial charge in [-0.2, -0.15) is 0 Å². The molecule has 0 aromatic heterocycles. The molecule has 0 spiro atoms. The second-order valence-electron chi connectivity index (χ2n) is 2.39. The fourth-order valence-electron chi connectivity index (χ4n) is 0.523. The first-order valence-electron chi connectivity index (χ1n) is 3.24. The highest BCUT2D eigenvalue weighted by molar-refractivity contribution is 5.81. The summed E-state index contributed by atoms with van der Waals surface area (Å²) in [5, 5.41) is 1.53. The quantitative estimate of drug-likeness (QED) is 0.403. The predicted octanol–water partition coefficient (Wildman–Crippen LogP) is -1.07. The van der Waals surface area contributed by atoms with E-state index in [0.29, 0.717) is 0 Å². The molecule has 62 valence electrons. The molecular weight excluding hydrogens is 142 g/mol. The third-order valence-electron chi connectivity index (χ3n) is 1.01. The zero-order chi connectivity index (χ0) is 8.85. The average Bonchev–Trinajstić information content (AvgIpc) is 1.86. The second kappa shape index (κ2) is 4.72. The summed E-state index contributed by atoms with van der Waals surface area (Å²) in [6, 6.07) is -0.609. The molecule has 0 saturated heterocycles. The number of hydrogen-bond donors (Lipinski definition) is 2. The Morgan fingerprint density at radius 2 is 2.36 bits per heavy atom. The Morgan fingerprint density at radius 1 is 1.82 bits per heavy atom. The molecule has 0 radical (unpaired) electrons. The molecule has 0 rings (SSSR count). The van der Waals surface area contributed by atoms with Gasteiger partial charge in [-0.05, 0) is 0 Å². The minimum absolute atomic E-state index is 0.257. The monoisotopic (exact) mass is 155 g/mol. The first-order chi connectivity index (χ1) is 5.07. The number of hydrogen-bond acceptors (Lipinski definition) is 3. The van der Waals surface area contributed by atoms with Gasteiger partial charge in [-0.1, -0.05) is 0 Å². The van der Waals surface area contributed by atoms with E-state index in [1.807, 2.05) is 0 Å². The Hall–Kier alpha value is -1.05. The predicted molar refractivity (Wildman–Crippen MR) is 43.3 cm³/mol. The number of nitrogens with two attached hydrogens (primary N) is 1. The molecule has 4 nitrogen and oxygen atoms in total. The van der Waals surface area contributed by atoms with Gasteiger partial charge in [0.15, 0.2) is 0 Å². The largest absolute Gasteiger partial charge is 0.319 e. The SMILES string of the molecule is C#CCC(N)C(=O)NN(C)C. The summed E-state index contributed by atoms with van der Waals surface area (Å²) >= 11 is 0. The standard InChI is InChI=1S/C7H13N3O/c1-4-5-6(8)7(11)9-10(2)3/h1,6H,5,8H2,2-3H3,(H,9,11). The Labute approximate surface area is 66.7 Å². The third-order valence-corrected chi connectivity index (χ3v) is 1.01. The highest BCUT2D eigenvalue weighted by atomic mass is 16.2. The molecule has 1 amide bonds. The van der Waals surface area contributed by atoms with Crippen molar-refractivity contribution >= 4 is 5.91 Å². The maximum absolute atomic E-state index is 11.0. The maximum Gasteiger partial charge on any atom is 0.252 e. The minimum Gasteiger partial charge on any atom is -0.319 e. The van der Waals surface area contributed by atoms with Gasteiger partial charge >= 0.3 is 0 Å². The van der Waals surface area contributed by atoms with Crippen molar-refractivity contribution in [1.82, 2.24) is 10.4 Å². The number of terminal acetylenes is 1. The summed E-state index contributed by atoms with van der Waals surface area (Å²) in [6.07, 6.45) is 5.24. The third kappa shape index (κ3) is 4.37. The van der Waals surface area contributed by atoms with E-state index in [1.54, 1.807) is 14.1 Å². The number of nitrogens with zero attached hydrogens (tertiary/aromatic N) is 1. The molecule has 4 heteroatoms. The van der Waals surface area contributed by atoms with Crippen LogP contribution in [0.1, 0.15) is 6.42 Å². The molecule has 0 aliphatic heterocycles. The van der Waals surface area contributed by atoms with Crippen LogP contribution in [0.25, 0.3) is 0 Å². The molecule has 1 atom stereocenters. The lowest BCUT2D eigenvalue weighted by Crippen LogP contribution is -2.46. The number of carbonyl (C=O) groups is 1. The van der Waals surface area contributed by atoms with Gasteiger partial charge in [-0.25, -0.2) is 5.01 Å². The lowest BCUT2D eigenvalue weighted by molar-refractivity contribution is -0.126. The zero-order valence-corrected chi connectivity index (χ0v) is 6.79. The molecule has 1 unspecified atom stereocenters. The fourth-order valence-corrected chi connectivity index (χ4v) is 0.523. The van der Waals surface area contributed by atoms with Crippen LogP contribution in [0.2, 0.25) is 0 Å². The van der Waals surface area contributed by atoms with E-state index in [1.165, 1.54) is 5.01 Å². The van der Waals surface area contributed by atoms with Gasteiger partial charge in [0.05, 0.1) is 6.04 Å². The Bertz CT molecular complexity index is 171. The summed E-state index contributed by atoms with van der Waals surface area (Å²) in [4.78, 5) is 11.0. The number of nitrogens with one attached hydrogen (secondary N) is 1. The molecule has 0 heterocycles. The molecular formula is C7H13N3O. The van der Waals surface area contributed by atoms with Gasteiger partial charge < -0.3 is 5.73 Å². The molecule has 0 bridgehead atoms. The van der Waals surface area contributed by atoms with E-state index in [4.69, 9.17) is 12.2 Å². The van der Waals surface area contributed by atoms with Gasteiger partial charge in [0.2, 0.25) is 0 Å². The van der Waals surface area contributed by atoms with E-state index >= 15 is 0 Å². The van der Waals surface area contributed by atoms with Crippen LogP contribution in [-0.2, 0) is 4.79 Å². The lowest BCUT2D eigenvalue weighted by atomic mass is 10.2. The Morgan fingerprint density at radius 3 is 2.73 bits per heavy atom. The van der Waals surface area contributed by atoms with Crippen LogP contribution in [0.4, 0.5) is 0 Å². The van der Waals surface area contributed by atoms with Crippen LogP contribution in [0.5, 0.6) is 0 Å². The maximum atomic E-state index is 11.0. The summed E-state index contributed by atoms with van der Waals surface area (Å²) in [6.45, 7) is 0. The van der Waals surface area contributed by atoms with E-state index < -0.39 is 6.04 Å². The van der Waals surface area contributed by atoms with E-state index in [-0.39, 0.29) is 12.3 Å². The molecule has 3 N–H and O–H groups in total. The first-order valence-corrected chi connectivity index (χ1v) is 3.24. The fraction of sp³-hybridized carbons (Fsp3) is 0.571. The van der Waals surface area contributed by atoms with Crippen LogP contribution in [0, 0.1) is 12.3 Å². The molecule has 0 aromatic carbocycles. The number of rotatable bonds is 3. The molecule has 0 fully saturated rings. The van der Waals surface area contributed by atoms with Crippen molar-refractivity contribution in [3.05, 3.63) is 0 Å². The summed E-state index contributed by atoms with van der Waals surface area (Å²) in [7, 11) is 3.42.